The Balaban J connectivity index is 0.000000286. The third-order valence-corrected chi connectivity index (χ3v) is 6.49. The van der Waals surface area contributed by atoms with E-state index in [1.807, 2.05) is 19.1 Å². The second-order valence-corrected chi connectivity index (χ2v) is 8.45. The molecule has 4 aromatic rings. The number of carboxylic acids is 1. The Labute approximate surface area is 205 Å². The molecule has 0 fully saturated rings. The predicted molar refractivity (Wildman–Crippen MR) is 129 cm³/mol. The number of ketones is 1. The summed E-state index contributed by atoms with van der Waals surface area (Å²) in [6, 6.07) is 18.6. The van der Waals surface area contributed by atoms with Crippen LogP contribution in [-0.2, 0) is 17.7 Å². The van der Waals surface area contributed by atoms with Crippen LogP contribution in [0.4, 0.5) is 0 Å². The van der Waals surface area contributed by atoms with Crippen LogP contribution in [0.5, 0.6) is 5.75 Å². The van der Waals surface area contributed by atoms with Gasteiger partial charge in [-0.25, -0.2) is 4.79 Å². The zero-order valence-electron chi connectivity index (χ0n) is 19.2. The van der Waals surface area contributed by atoms with E-state index >= 15 is 0 Å². The van der Waals surface area contributed by atoms with Crippen molar-refractivity contribution in [3.63, 3.8) is 0 Å². The number of para-hydroxylation sites is 1. The first kappa shape index (κ1) is 23.1. The van der Waals surface area contributed by atoms with Crippen LogP contribution in [0, 0.1) is 0 Å². The number of H-pyrrole nitrogens is 2. The molecule has 0 saturated carbocycles. The summed E-state index contributed by atoms with van der Waals surface area (Å²) in [6.45, 7) is 1.97. The van der Waals surface area contributed by atoms with Crippen LogP contribution in [0.3, 0.4) is 0 Å². The Morgan fingerprint density at radius 3 is 2.19 bits per heavy atom. The lowest BCUT2D eigenvalue weighted by molar-refractivity contribution is -0.169. The molecule has 1 aliphatic heterocycles. The van der Waals surface area contributed by atoms with E-state index in [0.717, 1.165) is 5.56 Å². The van der Waals surface area contributed by atoms with E-state index in [0.29, 0.717) is 34.6 Å². The molecule has 1 aliphatic carbocycles. The first-order chi connectivity index (χ1) is 17.3. The van der Waals surface area contributed by atoms with Crippen LogP contribution in [0.2, 0.25) is 0 Å². The number of aromatic carboxylic acids is 1. The fourth-order valence-electron chi connectivity index (χ4n) is 4.78. The van der Waals surface area contributed by atoms with Gasteiger partial charge in [0.1, 0.15) is 17.1 Å². The number of hydrogen-bond donors (Lipinski definition) is 5. The van der Waals surface area contributed by atoms with Gasteiger partial charge in [0.2, 0.25) is 11.3 Å². The molecule has 0 saturated heterocycles. The molecule has 182 valence electrons. The van der Waals surface area contributed by atoms with Gasteiger partial charge in [-0.05, 0) is 36.2 Å². The fourth-order valence-corrected chi connectivity index (χ4v) is 4.78. The summed E-state index contributed by atoms with van der Waals surface area (Å²) in [7, 11) is 0. The van der Waals surface area contributed by atoms with Crippen LogP contribution in [-0.4, -0.2) is 37.8 Å². The number of carboxylic acid groups (broad SMARTS) is 1. The molecule has 0 bridgehead atoms. The van der Waals surface area contributed by atoms with Crippen molar-refractivity contribution in [3.8, 4) is 5.75 Å². The smallest absolute Gasteiger partial charge is 0.352 e. The molecule has 2 aromatic carbocycles. The summed E-state index contributed by atoms with van der Waals surface area (Å²) in [4.78, 5) is 42.0. The second-order valence-electron chi connectivity index (χ2n) is 8.45. The number of hydrogen-bond acceptors (Lipinski definition) is 5. The highest BCUT2D eigenvalue weighted by Crippen LogP contribution is 2.58. The van der Waals surface area contributed by atoms with Crippen molar-refractivity contribution >= 4 is 17.7 Å². The van der Waals surface area contributed by atoms with Gasteiger partial charge in [-0.3, -0.25) is 9.59 Å². The van der Waals surface area contributed by atoms with E-state index in [9.17, 15) is 19.5 Å². The Bertz CT molecular complexity index is 1460. The number of aliphatic hydroxyl groups is 1. The lowest BCUT2D eigenvalue weighted by Crippen LogP contribution is -2.60. The van der Waals surface area contributed by atoms with Gasteiger partial charge < -0.3 is 30.2 Å². The summed E-state index contributed by atoms with van der Waals surface area (Å²) in [6.07, 6.45) is 3.86. The molecule has 36 heavy (non-hydrogen) atoms. The summed E-state index contributed by atoms with van der Waals surface area (Å²) in [5.74, 6) is -3.38. The summed E-state index contributed by atoms with van der Waals surface area (Å²) in [5, 5.41) is 22.8. The molecule has 2 atom stereocenters. The number of aryl methyl sites for hydroxylation is 1. The molecule has 5 N–H and O–H groups in total. The molecular formula is C27H23N3O6. The number of ether oxygens (including phenoxy) is 1. The minimum absolute atomic E-state index is 0.227. The van der Waals surface area contributed by atoms with Crippen LogP contribution in [0.25, 0.3) is 0 Å². The van der Waals surface area contributed by atoms with Gasteiger partial charge in [-0.2, -0.15) is 0 Å². The average Bonchev–Trinajstić information content (AvgIpc) is 3.67. The van der Waals surface area contributed by atoms with E-state index in [4.69, 9.17) is 9.84 Å². The zero-order valence-corrected chi connectivity index (χ0v) is 19.2. The highest BCUT2D eigenvalue weighted by Gasteiger charge is 2.71. The maximum absolute atomic E-state index is 13.6. The highest BCUT2D eigenvalue weighted by atomic mass is 16.6. The zero-order chi connectivity index (χ0) is 25.5. The quantitative estimate of drug-likeness (QED) is 0.300. The van der Waals surface area contributed by atoms with Crippen LogP contribution in [0.1, 0.15) is 54.9 Å². The SMILES string of the molecule is CCc1cccc2c1OC1(O)c3ccccc3C(=O)C21NC(=O)c1ccc[nH]1.O=C(O)c1ccc[nH]1. The minimum atomic E-state index is -2.02. The van der Waals surface area contributed by atoms with Crippen molar-refractivity contribution in [2.75, 3.05) is 0 Å². The van der Waals surface area contributed by atoms with Gasteiger partial charge >= 0.3 is 5.97 Å². The molecule has 2 aromatic heterocycles. The van der Waals surface area contributed by atoms with Crippen molar-refractivity contribution in [2.45, 2.75) is 24.7 Å². The lowest BCUT2D eigenvalue weighted by Gasteiger charge is -2.34. The van der Waals surface area contributed by atoms with Gasteiger partial charge in [0.25, 0.3) is 11.7 Å². The molecule has 9 heteroatoms. The number of benzene rings is 2. The Kier molecular flexibility index (Phi) is 5.49. The molecule has 1 amide bonds. The second kappa shape index (κ2) is 8.54. The van der Waals surface area contributed by atoms with E-state index in [2.05, 4.69) is 15.3 Å². The largest absolute Gasteiger partial charge is 0.477 e. The third-order valence-electron chi connectivity index (χ3n) is 6.49. The minimum Gasteiger partial charge on any atom is -0.477 e. The monoisotopic (exact) mass is 485 g/mol. The molecule has 0 radical (unpaired) electrons. The van der Waals surface area contributed by atoms with Crippen molar-refractivity contribution < 1.29 is 29.3 Å². The van der Waals surface area contributed by atoms with E-state index < -0.39 is 29.0 Å². The number of aromatic amines is 2. The van der Waals surface area contributed by atoms with Crippen molar-refractivity contribution in [1.82, 2.24) is 15.3 Å². The summed E-state index contributed by atoms with van der Waals surface area (Å²) < 4.78 is 6.07. The van der Waals surface area contributed by atoms with Crippen molar-refractivity contribution in [2.24, 2.45) is 0 Å². The molecule has 2 unspecified atom stereocenters. The van der Waals surface area contributed by atoms with E-state index in [1.165, 1.54) is 6.07 Å². The number of carbonyl (C=O) groups is 3. The standard InChI is InChI=1S/C22H18N2O4.C5H5NO2/c1-2-13-7-5-10-16-18(13)28-22(27)15-9-4-3-8-14(15)19(25)21(16,22)24-20(26)17-11-6-12-23-17;7-5(8)4-2-1-3-6-4/h3-12,23,27H,2H2,1H3,(H,24,26);1-3,6H,(H,7,8). The fraction of sp³-hybridized carbons (Fsp3) is 0.148. The lowest BCUT2D eigenvalue weighted by atomic mass is 9.82. The van der Waals surface area contributed by atoms with Crippen molar-refractivity contribution in [1.29, 1.82) is 0 Å². The molecule has 2 aliphatic rings. The van der Waals surface area contributed by atoms with Gasteiger partial charge in [-0.1, -0.05) is 49.4 Å². The molecular weight excluding hydrogens is 462 g/mol. The number of amides is 1. The number of nitrogens with one attached hydrogen (secondary N) is 3. The normalized spacial score (nSPS) is 20.9. The number of fused-ring (bicyclic) bond motifs is 5. The van der Waals surface area contributed by atoms with E-state index in [-0.39, 0.29) is 5.69 Å². The van der Waals surface area contributed by atoms with Crippen LogP contribution < -0.4 is 10.1 Å². The van der Waals surface area contributed by atoms with Gasteiger partial charge in [0.05, 0.1) is 0 Å². The predicted octanol–water partition coefficient (Wildman–Crippen LogP) is 3.35. The number of carbonyl (C=O) groups excluding carboxylic acids is 2. The highest BCUT2D eigenvalue weighted by molar-refractivity contribution is 6.13. The summed E-state index contributed by atoms with van der Waals surface area (Å²) >= 11 is 0. The Hall–Kier alpha value is -4.63. The van der Waals surface area contributed by atoms with Gasteiger partial charge in [0, 0.05) is 29.1 Å². The Morgan fingerprint density at radius 1 is 0.917 bits per heavy atom. The molecule has 0 spiro atoms. The van der Waals surface area contributed by atoms with E-state index in [1.54, 1.807) is 60.9 Å². The average molecular weight is 485 g/mol. The number of Topliss-reactive ketones (excluding diaryl/α,β-unsaturated/α-hetero) is 1. The third kappa shape index (κ3) is 3.24. The molecule has 6 rings (SSSR count). The van der Waals surface area contributed by atoms with Crippen LogP contribution in [0.15, 0.2) is 79.1 Å². The first-order valence-electron chi connectivity index (χ1n) is 11.3. The topological polar surface area (TPSA) is 145 Å². The first-order valence-corrected chi connectivity index (χ1v) is 11.3. The van der Waals surface area contributed by atoms with Crippen molar-refractivity contribution in [3.05, 3.63) is 113 Å². The number of rotatable bonds is 4. The number of aromatic nitrogens is 2. The maximum Gasteiger partial charge on any atom is 0.352 e. The Morgan fingerprint density at radius 2 is 1.58 bits per heavy atom. The van der Waals surface area contributed by atoms with Gasteiger partial charge in [-0.15, -0.1) is 0 Å². The maximum atomic E-state index is 13.6. The molecule has 3 heterocycles. The molecule has 9 nitrogen and oxygen atoms in total. The van der Waals surface area contributed by atoms with Gasteiger partial charge in [0.15, 0.2) is 0 Å². The van der Waals surface area contributed by atoms with Crippen LogP contribution >= 0.6 is 0 Å². The summed E-state index contributed by atoms with van der Waals surface area (Å²) in [5.41, 5.74) is 0.786.